The average Bonchev–Trinajstić information content (AvgIpc) is 2.55. The zero-order valence-electron chi connectivity index (χ0n) is 16.0. The molecular weight excluding hydrogens is 350 g/mol. The zero-order chi connectivity index (χ0) is 19.6. The Morgan fingerprint density at radius 1 is 1.08 bits per heavy atom. The van der Waals surface area contributed by atoms with E-state index in [1.165, 1.54) is 7.05 Å². The summed E-state index contributed by atoms with van der Waals surface area (Å²) in [6.45, 7) is 8.96. The number of anilines is 1. The van der Waals surface area contributed by atoms with E-state index in [-0.39, 0.29) is 11.4 Å². The molecule has 26 heavy (non-hydrogen) atoms. The van der Waals surface area contributed by atoms with Crippen molar-refractivity contribution < 1.29 is 13.2 Å². The fraction of sp³-hybridized carbons (Fsp3) is 0.368. The number of carbonyl (C=O) groups is 1. The monoisotopic (exact) mass is 375 g/mol. The molecule has 0 saturated heterocycles. The van der Waals surface area contributed by atoms with Crippen molar-refractivity contribution in [3.05, 3.63) is 52.2 Å². The molecule has 140 valence electrons. The Hall–Kier alpha value is -2.25. The van der Waals surface area contributed by atoms with Crippen molar-refractivity contribution in [2.75, 3.05) is 18.9 Å². The highest BCUT2D eigenvalue weighted by Crippen LogP contribution is 2.28. The molecule has 0 aliphatic carbocycles. The predicted octanol–water partition coefficient (Wildman–Crippen LogP) is 2.88. The van der Waals surface area contributed by atoms with Crippen molar-refractivity contribution in [3.63, 3.8) is 0 Å². The zero-order valence-corrected chi connectivity index (χ0v) is 16.9. The highest BCUT2D eigenvalue weighted by atomic mass is 32.2. The lowest BCUT2D eigenvalue weighted by Crippen LogP contribution is -2.36. The summed E-state index contributed by atoms with van der Waals surface area (Å²) in [7, 11) is -2.38. The van der Waals surface area contributed by atoms with Gasteiger partial charge in [0, 0.05) is 13.2 Å². The van der Waals surface area contributed by atoms with Gasteiger partial charge in [0.1, 0.15) is 5.82 Å². The van der Waals surface area contributed by atoms with E-state index in [0.717, 1.165) is 21.0 Å². The standard InChI is InChI=1S/C19H25N3O3S/c1-12-7-8-17(20-10-12)21-18(23)11-22(6)26(24,25)19-15(4)13(2)9-14(3)16(19)5/h7-10H,11H2,1-6H3,(H,20,21,23). The Morgan fingerprint density at radius 2 is 1.65 bits per heavy atom. The van der Waals surface area contributed by atoms with Gasteiger partial charge in [-0.1, -0.05) is 12.1 Å². The Labute approximate surface area is 155 Å². The second kappa shape index (κ2) is 7.55. The van der Waals surface area contributed by atoms with E-state index in [2.05, 4.69) is 10.3 Å². The summed E-state index contributed by atoms with van der Waals surface area (Å²) >= 11 is 0. The summed E-state index contributed by atoms with van der Waals surface area (Å²) in [5.41, 5.74) is 4.21. The molecule has 7 heteroatoms. The fourth-order valence-corrected chi connectivity index (χ4v) is 4.43. The molecule has 0 atom stereocenters. The number of rotatable bonds is 5. The van der Waals surface area contributed by atoms with Crippen LogP contribution in [0.2, 0.25) is 0 Å². The van der Waals surface area contributed by atoms with Gasteiger partial charge in [0.25, 0.3) is 0 Å². The summed E-state index contributed by atoms with van der Waals surface area (Å²) in [6, 6.07) is 5.48. The number of amides is 1. The number of hydrogen-bond acceptors (Lipinski definition) is 4. The molecule has 0 aliphatic heterocycles. The number of carbonyl (C=O) groups excluding carboxylic acids is 1. The highest BCUT2D eigenvalue weighted by Gasteiger charge is 2.28. The molecule has 0 fully saturated rings. The molecule has 0 bridgehead atoms. The van der Waals surface area contributed by atoms with Crippen LogP contribution in [-0.2, 0) is 14.8 Å². The molecule has 2 rings (SSSR count). The molecule has 0 radical (unpaired) electrons. The number of likely N-dealkylation sites (N-methyl/N-ethyl adjacent to an activating group) is 1. The van der Waals surface area contributed by atoms with Crippen LogP contribution in [0, 0.1) is 34.6 Å². The van der Waals surface area contributed by atoms with Gasteiger partial charge in [-0.25, -0.2) is 13.4 Å². The molecule has 1 aromatic heterocycles. The Balaban J connectivity index is 2.24. The molecule has 6 nitrogen and oxygen atoms in total. The van der Waals surface area contributed by atoms with Crippen molar-refractivity contribution in [2.24, 2.45) is 0 Å². The van der Waals surface area contributed by atoms with Crippen LogP contribution >= 0.6 is 0 Å². The second-order valence-electron chi connectivity index (χ2n) is 6.62. The summed E-state index contributed by atoms with van der Waals surface area (Å²) in [6.07, 6.45) is 1.64. The van der Waals surface area contributed by atoms with Crippen LogP contribution in [-0.4, -0.2) is 37.2 Å². The highest BCUT2D eigenvalue weighted by molar-refractivity contribution is 7.89. The smallest absolute Gasteiger partial charge is 0.243 e. The van der Waals surface area contributed by atoms with E-state index < -0.39 is 15.9 Å². The number of benzene rings is 1. The summed E-state index contributed by atoms with van der Waals surface area (Å²) in [4.78, 5) is 16.6. The van der Waals surface area contributed by atoms with Crippen molar-refractivity contribution in [2.45, 2.75) is 39.5 Å². The van der Waals surface area contributed by atoms with Crippen LogP contribution in [0.4, 0.5) is 5.82 Å². The first-order valence-electron chi connectivity index (χ1n) is 8.30. The molecular formula is C19H25N3O3S. The van der Waals surface area contributed by atoms with Gasteiger partial charge in [-0.05, 0) is 68.5 Å². The molecule has 2 aromatic rings. The first-order valence-corrected chi connectivity index (χ1v) is 9.74. The van der Waals surface area contributed by atoms with Gasteiger partial charge in [-0.2, -0.15) is 4.31 Å². The van der Waals surface area contributed by atoms with Crippen molar-refractivity contribution in [3.8, 4) is 0 Å². The molecule has 0 unspecified atom stereocenters. The Kier molecular flexibility index (Phi) is 5.83. The van der Waals surface area contributed by atoms with E-state index >= 15 is 0 Å². The van der Waals surface area contributed by atoms with E-state index in [0.29, 0.717) is 16.9 Å². The van der Waals surface area contributed by atoms with Crippen LogP contribution < -0.4 is 5.32 Å². The number of nitrogens with one attached hydrogen (secondary N) is 1. The quantitative estimate of drug-likeness (QED) is 0.871. The topological polar surface area (TPSA) is 79.4 Å². The molecule has 1 heterocycles. The molecule has 0 aliphatic rings. The van der Waals surface area contributed by atoms with Gasteiger partial charge in [-0.3, -0.25) is 4.79 Å². The number of pyridine rings is 1. The van der Waals surface area contributed by atoms with E-state index in [1.54, 1.807) is 26.1 Å². The second-order valence-corrected chi connectivity index (χ2v) is 8.60. The van der Waals surface area contributed by atoms with Crippen molar-refractivity contribution in [1.82, 2.24) is 9.29 Å². The average molecular weight is 375 g/mol. The Morgan fingerprint density at radius 3 is 2.15 bits per heavy atom. The summed E-state index contributed by atoms with van der Waals surface area (Å²) < 4.78 is 27.2. The molecule has 0 saturated carbocycles. The maximum Gasteiger partial charge on any atom is 0.243 e. The minimum atomic E-state index is -3.79. The third kappa shape index (κ3) is 4.11. The first-order chi connectivity index (χ1) is 12.0. The van der Waals surface area contributed by atoms with Crippen LogP contribution in [0.3, 0.4) is 0 Å². The van der Waals surface area contributed by atoms with Gasteiger partial charge in [0.2, 0.25) is 15.9 Å². The molecule has 0 spiro atoms. The van der Waals surface area contributed by atoms with Gasteiger partial charge < -0.3 is 5.32 Å². The molecule has 1 amide bonds. The predicted molar refractivity (Wildman–Crippen MR) is 103 cm³/mol. The fourth-order valence-electron chi connectivity index (χ4n) is 2.73. The van der Waals surface area contributed by atoms with Gasteiger partial charge >= 0.3 is 0 Å². The molecule has 1 N–H and O–H groups in total. The lowest BCUT2D eigenvalue weighted by molar-refractivity contribution is -0.116. The third-order valence-corrected chi connectivity index (χ3v) is 6.59. The largest absolute Gasteiger partial charge is 0.310 e. The van der Waals surface area contributed by atoms with Gasteiger partial charge in [0.15, 0.2) is 0 Å². The SMILES string of the molecule is Cc1ccc(NC(=O)CN(C)S(=O)(=O)c2c(C)c(C)cc(C)c2C)nc1. The minimum absolute atomic E-state index is 0.277. The van der Waals surface area contributed by atoms with Crippen molar-refractivity contribution >= 4 is 21.7 Å². The number of sulfonamides is 1. The first kappa shape index (κ1) is 20.1. The van der Waals surface area contributed by atoms with Gasteiger partial charge in [-0.15, -0.1) is 0 Å². The minimum Gasteiger partial charge on any atom is -0.310 e. The van der Waals surface area contributed by atoms with Crippen LogP contribution in [0.25, 0.3) is 0 Å². The van der Waals surface area contributed by atoms with Crippen LogP contribution in [0.15, 0.2) is 29.3 Å². The number of hydrogen-bond donors (Lipinski definition) is 1. The van der Waals surface area contributed by atoms with E-state index in [9.17, 15) is 13.2 Å². The lowest BCUT2D eigenvalue weighted by atomic mass is 10.0. The van der Waals surface area contributed by atoms with Crippen molar-refractivity contribution in [1.29, 1.82) is 0 Å². The third-order valence-electron chi connectivity index (χ3n) is 4.51. The summed E-state index contributed by atoms with van der Waals surface area (Å²) in [5, 5.41) is 2.62. The normalized spacial score (nSPS) is 11.7. The Bertz CT molecular complexity index is 909. The summed E-state index contributed by atoms with van der Waals surface area (Å²) in [5.74, 6) is -0.0442. The number of aryl methyl sites for hydroxylation is 3. The van der Waals surface area contributed by atoms with Crippen LogP contribution in [0.5, 0.6) is 0 Å². The maximum atomic E-state index is 13.0. The van der Waals surface area contributed by atoms with E-state index in [1.807, 2.05) is 32.9 Å². The maximum absolute atomic E-state index is 13.0. The van der Waals surface area contributed by atoms with Crippen LogP contribution in [0.1, 0.15) is 27.8 Å². The number of nitrogens with zero attached hydrogens (tertiary/aromatic N) is 2. The molecule has 1 aromatic carbocycles. The number of aromatic nitrogens is 1. The lowest BCUT2D eigenvalue weighted by Gasteiger charge is -2.21. The van der Waals surface area contributed by atoms with E-state index in [4.69, 9.17) is 0 Å². The van der Waals surface area contributed by atoms with Gasteiger partial charge in [0.05, 0.1) is 11.4 Å².